The van der Waals surface area contributed by atoms with Crippen LogP contribution < -0.4 is 0 Å². The first-order valence-corrected chi connectivity index (χ1v) is 14.1. The first kappa shape index (κ1) is 37.0. The molecule has 0 saturated carbocycles. The predicted octanol–water partition coefficient (Wildman–Crippen LogP) is -9.75. The smallest absolute Gasteiger partial charge is 0.187 e. The van der Waals surface area contributed by atoms with Crippen molar-refractivity contribution in [3.63, 3.8) is 0 Å². The van der Waals surface area contributed by atoms with E-state index in [4.69, 9.17) is 33.2 Å². The van der Waals surface area contributed by atoms with E-state index in [0.29, 0.717) is 0 Å². The zero-order chi connectivity index (χ0) is 33.3. The number of ether oxygens (including phenoxy) is 7. The third-order valence-corrected chi connectivity index (χ3v) is 8.20. The van der Waals surface area contributed by atoms with Gasteiger partial charge in [0.15, 0.2) is 25.2 Å². The van der Waals surface area contributed by atoms with Crippen LogP contribution in [-0.4, -0.2) is 221 Å². The van der Waals surface area contributed by atoms with Crippen LogP contribution in [0.1, 0.15) is 0 Å². The Morgan fingerprint density at radius 3 is 1.11 bits per heavy atom. The van der Waals surface area contributed by atoms with Gasteiger partial charge in [0.2, 0.25) is 0 Å². The van der Waals surface area contributed by atoms with Gasteiger partial charge >= 0.3 is 0 Å². The number of hydrogen-bond acceptors (Lipinski definition) is 21. The molecule has 0 aliphatic carbocycles. The van der Waals surface area contributed by atoms with Crippen LogP contribution in [0.2, 0.25) is 0 Å². The predicted molar refractivity (Wildman–Crippen MR) is 134 cm³/mol. The maximum atomic E-state index is 10.9. The Balaban J connectivity index is 1.43. The lowest BCUT2D eigenvalue weighted by Crippen LogP contribution is -2.67. The average molecular weight is 667 g/mol. The minimum atomic E-state index is -2.02. The lowest BCUT2D eigenvalue weighted by atomic mass is 9.95. The molecule has 4 fully saturated rings. The fourth-order valence-corrected chi connectivity index (χ4v) is 5.54. The summed E-state index contributed by atoms with van der Waals surface area (Å²) in [7, 11) is 0. The van der Waals surface area contributed by atoms with Crippen LogP contribution in [0.4, 0.5) is 0 Å². The summed E-state index contributed by atoms with van der Waals surface area (Å²) in [6, 6.07) is 0. The Labute approximate surface area is 254 Å². The van der Waals surface area contributed by atoms with Crippen molar-refractivity contribution in [1.29, 1.82) is 0 Å². The Kier molecular flexibility index (Phi) is 12.8. The summed E-state index contributed by atoms with van der Waals surface area (Å²) < 4.78 is 37.5. The summed E-state index contributed by atoms with van der Waals surface area (Å²) in [6.07, 6.45) is -35.4. The molecule has 0 bridgehead atoms. The van der Waals surface area contributed by atoms with Crippen molar-refractivity contribution in [2.75, 3.05) is 26.4 Å². The van der Waals surface area contributed by atoms with Gasteiger partial charge in [-0.1, -0.05) is 0 Å². The van der Waals surface area contributed by atoms with Crippen LogP contribution in [0.15, 0.2) is 0 Å². The van der Waals surface area contributed by atoms with Gasteiger partial charge in [0.25, 0.3) is 0 Å². The molecule has 4 saturated heterocycles. The van der Waals surface area contributed by atoms with E-state index in [0.717, 1.165) is 0 Å². The van der Waals surface area contributed by atoms with Gasteiger partial charge in [0.1, 0.15) is 97.7 Å². The molecule has 21 heteroatoms. The van der Waals surface area contributed by atoms with Crippen molar-refractivity contribution in [2.24, 2.45) is 0 Å². The van der Waals surface area contributed by atoms with Gasteiger partial charge in [-0.25, -0.2) is 0 Å². The van der Waals surface area contributed by atoms with Gasteiger partial charge in [0, 0.05) is 0 Å². The van der Waals surface area contributed by atoms with Crippen molar-refractivity contribution in [3.05, 3.63) is 0 Å². The molecule has 0 aromatic rings. The van der Waals surface area contributed by atoms with Crippen LogP contribution in [0, 0.1) is 0 Å². The Morgan fingerprint density at radius 1 is 0.333 bits per heavy atom. The first-order valence-electron chi connectivity index (χ1n) is 14.1. The summed E-state index contributed by atoms with van der Waals surface area (Å²) in [5, 5.41) is 142. The summed E-state index contributed by atoms with van der Waals surface area (Å²) in [6.45, 7) is -3.37. The van der Waals surface area contributed by atoms with Gasteiger partial charge in [-0.05, 0) is 0 Å². The summed E-state index contributed by atoms with van der Waals surface area (Å²) in [5.74, 6) is 0. The highest BCUT2D eigenvalue weighted by Gasteiger charge is 2.55. The Morgan fingerprint density at radius 2 is 0.689 bits per heavy atom. The molecule has 0 aromatic carbocycles. The molecular weight excluding hydrogens is 624 g/mol. The fourth-order valence-electron chi connectivity index (χ4n) is 5.54. The SMILES string of the molecule is OC[C@H]1O[C@H](O[C@H]2[C@H](O)[C@@H](O)[C@@H](O[C@H]3[C@H](O)[C@@H](O)[C@@H](O[C@H]4[C@H](O)[C@@H](CO)OC(O)[C@@H]4O)O[C@@H]3CO)O[C@@H]2CO)[C@H](O)[C@@H](O)[C@@H]1O. The number of aliphatic hydroxyl groups is 14. The van der Waals surface area contributed by atoms with Crippen LogP contribution in [-0.2, 0) is 33.2 Å². The van der Waals surface area contributed by atoms with Crippen LogP contribution in [0.25, 0.3) is 0 Å². The Bertz CT molecular complexity index is 912. The molecule has 0 spiro atoms. The van der Waals surface area contributed by atoms with Gasteiger partial charge in [-0.3, -0.25) is 0 Å². The molecule has 4 rings (SSSR count). The second kappa shape index (κ2) is 15.6. The number of rotatable bonds is 10. The average Bonchev–Trinajstić information content (AvgIpc) is 3.03. The van der Waals surface area contributed by atoms with E-state index in [1.54, 1.807) is 0 Å². The van der Waals surface area contributed by atoms with Crippen molar-refractivity contribution in [1.82, 2.24) is 0 Å². The number of hydrogen-bond donors (Lipinski definition) is 14. The summed E-state index contributed by atoms with van der Waals surface area (Å²) in [4.78, 5) is 0. The molecule has 4 aliphatic rings. The van der Waals surface area contributed by atoms with E-state index >= 15 is 0 Å². The van der Waals surface area contributed by atoms with Gasteiger partial charge in [-0.2, -0.15) is 0 Å². The lowest BCUT2D eigenvalue weighted by Gasteiger charge is -2.48. The second-order valence-electron chi connectivity index (χ2n) is 11.1. The van der Waals surface area contributed by atoms with Crippen molar-refractivity contribution < 1.29 is 105 Å². The summed E-state index contributed by atoms with van der Waals surface area (Å²) in [5.41, 5.74) is 0. The van der Waals surface area contributed by atoms with Gasteiger partial charge in [0.05, 0.1) is 26.4 Å². The minimum absolute atomic E-state index is 0.782. The quantitative estimate of drug-likeness (QED) is 0.103. The molecule has 45 heavy (non-hydrogen) atoms. The molecule has 0 amide bonds. The highest BCUT2D eigenvalue weighted by molar-refractivity contribution is 4.97. The molecule has 4 heterocycles. The highest BCUT2D eigenvalue weighted by atomic mass is 16.8. The molecule has 4 aliphatic heterocycles. The third-order valence-electron chi connectivity index (χ3n) is 8.20. The van der Waals surface area contributed by atoms with E-state index < -0.39 is 149 Å². The number of aliphatic hydroxyl groups excluding tert-OH is 14. The zero-order valence-electron chi connectivity index (χ0n) is 23.5. The van der Waals surface area contributed by atoms with E-state index in [-0.39, 0.29) is 0 Å². The van der Waals surface area contributed by atoms with E-state index in [9.17, 15) is 71.5 Å². The maximum Gasteiger partial charge on any atom is 0.187 e. The lowest BCUT2D eigenvalue weighted by molar-refractivity contribution is -0.387. The highest BCUT2D eigenvalue weighted by Crippen LogP contribution is 2.34. The van der Waals surface area contributed by atoms with Crippen LogP contribution >= 0.6 is 0 Å². The van der Waals surface area contributed by atoms with E-state index in [2.05, 4.69) is 0 Å². The molecule has 14 N–H and O–H groups in total. The molecule has 264 valence electrons. The molecule has 20 atom stereocenters. The minimum Gasteiger partial charge on any atom is -0.394 e. The van der Waals surface area contributed by atoms with Crippen LogP contribution in [0.5, 0.6) is 0 Å². The van der Waals surface area contributed by atoms with Crippen molar-refractivity contribution >= 4 is 0 Å². The van der Waals surface area contributed by atoms with E-state index in [1.807, 2.05) is 0 Å². The largest absolute Gasteiger partial charge is 0.394 e. The normalized spacial score (nSPS) is 52.9. The molecule has 21 nitrogen and oxygen atoms in total. The van der Waals surface area contributed by atoms with Crippen molar-refractivity contribution in [3.8, 4) is 0 Å². The monoisotopic (exact) mass is 666 g/mol. The molecule has 1 unspecified atom stereocenters. The molecule has 0 aromatic heterocycles. The van der Waals surface area contributed by atoms with Gasteiger partial charge < -0.3 is 105 Å². The topological polar surface area (TPSA) is 348 Å². The first-order chi connectivity index (χ1) is 21.3. The Hall–Kier alpha value is -0.840. The standard InChI is InChI=1S/C24H42O21/c25-1-5-9(29)11(31)14(34)22(40-5)43-18-7(3-27)41-23(15(35)12(18)32)44-19-8(4-28)42-24(16(36)13(19)33)45-20-10(30)6(2-26)39-21(38)17(20)37/h5-38H,1-4H2/t5-,6-,7-,8-,9-,10-,11+,12-,13-,14-,15-,16-,17-,18-,19-,20+,21?,22-,23-,24-/m1/s1. The van der Waals surface area contributed by atoms with Crippen LogP contribution in [0.3, 0.4) is 0 Å². The fraction of sp³-hybridized carbons (Fsp3) is 1.00. The third kappa shape index (κ3) is 7.44. The zero-order valence-corrected chi connectivity index (χ0v) is 23.5. The second-order valence-corrected chi connectivity index (χ2v) is 11.1. The van der Waals surface area contributed by atoms with E-state index in [1.165, 1.54) is 0 Å². The molecular formula is C24H42O21. The van der Waals surface area contributed by atoms with Crippen molar-refractivity contribution in [2.45, 2.75) is 123 Å². The maximum absolute atomic E-state index is 10.9. The van der Waals surface area contributed by atoms with Gasteiger partial charge in [-0.15, -0.1) is 0 Å². The molecule has 0 radical (unpaired) electrons. The summed E-state index contributed by atoms with van der Waals surface area (Å²) >= 11 is 0.